The highest BCUT2D eigenvalue weighted by atomic mass is 16.5. The van der Waals surface area contributed by atoms with Gasteiger partial charge in [-0.05, 0) is 43.5 Å². The standard InChI is InChI=1S/C18H30N2O/c1-4-16-7-9-17(10-8-16)20(3)14-18(13-19-5-2)11-6-12-21-15-18/h7-10,19H,4-6,11-15H2,1-3H3. The van der Waals surface area contributed by atoms with Gasteiger partial charge < -0.3 is 15.0 Å². The summed E-state index contributed by atoms with van der Waals surface area (Å²) in [5, 5.41) is 3.53. The van der Waals surface area contributed by atoms with E-state index in [-0.39, 0.29) is 5.41 Å². The second-order valence-corrected chi connectivity index (χ2v) is 6.31. The Morgan fingerprint density at radius 1 is 1.24 bits per heavy atom. The van der Waals surface area contributed by atoms with E-state index < -0.39 is 0 Å². The average Bonchev–Trinajstić information content (AvgIpc) is 2.54. The molecular weight excluding hydrogens is 260 g/mol. The monoisotopic (exact) mass is 290 g/mol. The van der Waals surface area contributed by atoms with Crippen molar-refractivity contribution in [1.29, 1.82) is 0 Å². The smallest absolute Gasteiger partial charge is 0.0551 e. The zero-order chi connectivity index (χ0) is 15.1. The van der Waals surface area contributed by atoms with Crippen LogP contribution in [0.3, 0.4) is 0 Å². The molecule has 3 heteroatoms. The summed E-state index contributed by atoms with van der Waals surface area (Å²) in [6, 6.07) is 8.95. The lowest BCUT2D eigenvalue weighted by Crippen LogP contribution is -2.48. The van der Waals surface area contributed by atoms with Gasteiger partial charge in [-0.25, -0.2) is 0 Å². The molecule has 1 heterocycles. The van der Waals surface area contributed by atoms with Crippen LogP contribution in [-0.4, -0.2) is 39.9 Å². The molecule has 1 atom stereocenters. The van der Waals surface area contributed by atoms with Gasteiger partial charge in [-0.2, -0.15) is 0 Å². The van der Waals surface area contributed by atoms with E-state index >= 15 is 0 Å². The van der Waals surface area contributed by atoms with Crippen molar-refractivity contribution in [3.63, 3.8) is 0 Å². The molecule has 1 aliphatic heterocycles. The molecule has 1 fully saturated rings. The highest BCUT2D eigenvalue weighted by Crippen LogP contribution is 2.30. The lowest BCUT2D eigenvalue weighted by molar-refractivity contribution is -0.00248. The Kier molecular flexibility index (Phi) is 6.07. The Hall–Kier alpha value is -1.06. The van der Waals surface area contributed by atoms with Crippen molar-refractivity contribution in [2.45, 2.75) is 33.1 Å². The first-order valence-corrected chi connectivity index (χ1v) is 8.27. The molecule has 1 aromatic rings. The maximum atomic E-state index is 5.79. The molecule has 0 aromatic heterocycles. The first-order chi connectivity index (χ1) is 10.2. The lowest BCUT2D eigenvalue weighted by Gasteiger charge is -2.40. The van der Waals surface area contributed by atoms with Gasteiger partial charge in [0, 0.05) is 37.8 Å². The van der Waals surface area contributed by atoms with E-state index in [1.807, 2.05) is 0 Å². The van der Waals surface area contributed by atoms with Gasteiger partial charge in [0.05, 0.1) is 6.61 Å². The third-order valence-electron chi connectivity index (χ3n) is 4.51. The summed E-state index contributed by atoms with van der Waals surface area (Å²) in [4.78, 5) is 2.38. The molecule has 0 aliphatic carbocycles. The van der Waals surface area contributed by atoms with Crippen molar-refractivity contribution in [1.82, 2.24) is 5.32 Å². The Labute approximate surface area is 129 Å². The summed E-state index contributed by atoms with van der Waals surface area (Å²) >= 11 is 0. The summed E-state index contributed by atoms with van der Waals surface area (Å²) < 4.78 is 5.79. The van der Waals surface area contributed by atoms with Crippen LogP contribution < -0.4 is 10.2 Å². The lowest BCUT2D eigenvalue weighted by atomic mass is 9.81. The number of hydrogen-bond donors (Lipinski definition) is 1. The molecule has 1 saturated heterocycles. The molecule has 2 rings (SSSR count). The van der Waals surface area contributed by atoms with Crippen LogP contribution >= 0.6 is 0 Å². The van der Waals surface area contributed by atoms with Crippen molar-refractivity contribution >= 4 is 5.69 Å². The van der Waals surface area contributed by atoms with Crippen molar-refractivity contribution in [2.24, 2.45) is 5.41 Å². The minimum Gasteiger partial charge on any atom is -0.381 e. The van der Waals surface area contributed by atoms with E-state index in [4.69, 9.17) is 4.74 Å². The molecular formula is C18H30N2O. The van der Waals surface area contributed by atoms with Gasteiger partial charge in [0.2, 0.25) is 0 Å². The second-order valence-electron chi connectivity index (χ2n) is 6.31. The third kappa shape index (κ3) is 4.45. The highest BCUT2D eigenvalue weighted by molar-refractivity contribution is 5.47. The largest absolute Gasteiger partial charge is 0.381 e. The van der Waals surface area contributed by atoms with E-state index in [9.17, 15) is 0 Å². The summed E-state index contributed by atoms with van der Waals surface area (Å²) in [6.07, 6.45) is 3.52. The minimum atomic E-state index is 0.242. The van der Waals surface area contributed by atoms with E-state index in [2.05, 4.69) is 55.4 Å². The van der Waals surface area contributed by atoms with E-state index in [0.29, 0.717) is 0 Å². The fraction of sp³-hybridized carbons (Fsp3) is 0.667. The van der Waals surface area contributed by atoms with Gasteiger partial charge in [-0.3, -0.25) is 0 Å². The van der Waals surface area contributed by atoms with Gasteiger partial charge >= 0.3 is 0 Å². The fourth-order valence-electron chi connectivity index (χ4n) is 3.20. The van der Waals surface area contributed by atoms with E-state index in [0.717, 1.165) is 39.3 Å². The van der Waals surface area contributed by atoms with Crippen LogP contribution in [0.4, 0.5) is 5.69 Å². The van der Waals surface area contributed by atoms with Crippen LogP contribution in [0.25, 0.3) is 0 Å². The topological polar surface area (TPSA) is 24.5 Å². The molecule has 1 aliphatic rings. The minimum absolute atomic E-state index is 0.242. The van der Waals surface area contributed by atoms with Crippen LogP contribution in [0.5, 0.6) is 0 Å². The van der Waals surface area contributed by atoms with Crippen molar-refractivity contribution in [2.75, 3.05) is 44.8 Å². The molecule has 1 unspecified atom stereocenters. The molecule has 0 bridgehead atoms. The highest BCUT2D eigenvalue weighted by Gasteiger charge is 2.33. The summed E-state index contributed by atoms with van der Waals surface area (Å²) in [5.41, 5.74) is 2.94. The predicted octanol–water partition coefficient (Wildman–Crippen LogP) is 3.09. The second kappa shape index (κ2) is 7.81. The fourth-order valence-corrected chi connectivity index (χ4v) is 3.20. The Morgan fingerprint density at radius 3 is 2.57 bits per heavy atom. The summed E-state index contributed by atoms with van der Waals surface area (Å²) in [6.45, 7) is 9.28. The van der Waals surface area contributed by atoms with Crippen molar-refractivity contribution < 1.29 is 4.74 Å². The van der Waals surface area contributed by atoms with Gasteiger partial charge in [0.25, 0.3) is 0 Å². The van der Waals surface area contributed by atoms with Gasteiger partial charge in [-0.15, -0.1) is 0 Å². The molecule has 3 nitrogen and oxygen atoms in total. The Morgan fingerprint density at radius 2 is 2.00 bits per heavy atom. The Balaban J connectivity index is 2.03. The number of aryl methyl sites for hydroxylation is 1. The molecule has 0 saturated carbocycles. The van der Waals surface area contributed by atoms with Gasteiger partial charge in [-0.1, -0.05) is 26.0 Å². The van der Waals surface area contributed by atoms with Crippen molar-refractivity contribution in [3.05, 3.63) is 29.8 Å². The average molecular weight is 290 g/mol. The normalized spacial score (nSPS) is 22.2. The van der Waals surface area contributed by atoms with Crippen LogP contribution in [0.1, 0.15) is 32.3 Å². The zero-order valence-corrected chi connectivity index (χ0v) is 13.8. The molecule has 0 radical (unpaired) electrons. The number of rotatable bonds is 7. The van der Waals surface area contributed by atoms with Crippen LogP contribution in [0.2, 0.25) is 0 Å². The summed E-state index contributed by atoms with van der Waals surface area (Å²) in [5.74, 6) is 0. The number of benzene rings is 1. The van der Waals surface area contributed by atoms with Crippen LogP contribution in [0, 0.1) is 5.41 Å². The van der Waals surface area contributed by atoms with E-state index in [1.165, 1.54) is 24.1 Å². The molecule has 118 valence electrons. The quantitative estimate of drug-likeness (QED) is 0.835. The van der Waals surface area contributed by atoms with Crippen LogP contribution in [0.15, 0.2) is 24.3 Å². The molecule has 21 heavy (non-hydrogen) atoms. The van der Waals surface area contributed by atoms with Gasteiger partial charge in [0.1, 0.15) is 0 Å². The Bertz CT molecular complexity index is 410. The van der Waals surface area contributed by atoms with Crippen LogP contribution in [-0.2, 0) is 11.2 Å². The molecule has 0 spiro atoms. The molecule has 1 aromatic carbocycles. The number of ether oxygens (including phenoxy) is 1. The van der Waals surface area contributed by atoms with Gasteiger partial charge in [0.15, 0.2) is 0 Å². The number of anilines is 1. The first kappa shape index (κ1) is 16.3. The number of nitrogens with zero attached hydrogens (tertiary/aromatic N) is 1. The third-order valence-corrected chi connectivity index (χ3v) is 4.51. The number of hydrogen-bond acceptors (Lipinski definition) is 3. The predicted molar refractivity (Wildman–Crippen MR) is 90.1 cm³/mol. The molecule has 0 amide bonds. The first-order valence-electron chi connectivity index (χ1n) is 8.27. The maximum Gasteiger partial charge on any atom is 0.0551 e. The zero-order valence-electron chi connectivity index (χ0n) is 13.8. The number of nitrogens with one attached hydrogen (secondary N) is 1. The molecule has 1 N–H and O–H groups in total. The maximum absolute atomic E-state index is 5.79. The SMILES string of the molecule is CCNCC1(CN(C)c2ccc(CC)cc2)CCCOC1. The van der Waals surface area contributed by atoms with Crippen molar-refractivity contribution in [3.8, 4) is 0 Å². The summed E-state index contributed by atoms with van der Waals surface area (Å²) in [7, 11) is 2.20. The van der Waals surface area contributed by atoms with E-state index in [1.54, 1.807) is 0 Å².